The van der Waals surface area contributed by atoms with E-state index in [2.05, 4.69) is 0 Å². The van der Waals surface area contributed by atoms with Gasteiger partial charge in [-0.2, -0.15) is 0 Å². The highest BCUT2D eigenvalue weighted by Crippen LogP contribution is 2.24. The Morgan fingerprint density at radius 1 is 1.60 bits per heavy atom. The number of ketones is 1. The van der Waals surface area contributed by atoms with Crippen LogP contribution in [0.15, 0.2) is 0 Å². The topological polar surface area (TPSA) is 43.1 Å². The SMILES string of the molecule is CC[C@]1(N)CCCCC1=O. The molecule has 0 aromatic rings. The van der Waals surface area contributed by atoms with E-state index in [4.69, 9.17) is 5.73 Å². The predicted molar refractivity (Wildman–Crippen MR) is 40.7 cm³/mol. The summed E-state index contributed by atoms with van der Waals surface area (Å²) in [5.41, 5.74) is 5.39. The molecule has 0 unspecified atom stereocenters. The molecule has 0 aromatic carbocycles. The van der Waals surface area contributed by atoms with Crippen LogP contribution in [-0.2, 0) is 4.79 Å². The summed E-state index contributed by atoms with van der Waals surface area (Å²) in [4.78, 5) is 11.2. The van der Waals surface area contributed by atoms with Crippen molar-refractivity contribution in [1.29, 1.82) is 0 Å². The van der Waals surface area contributed by atoms with Gasteiger partial charge in [-0.3, -0.25) is 4.79 Å². The van der Waals surface area contributed by atoms with E-state index < -0.39 is 5.54 Å². The highest BCUT2D eigenvalue weighted by atomic mass is 16.1. The molecule has 0 aliphatic heterocycles. The molecule has 0 amide bonds. The number of carbonyl (C=O) groups is 1. The van der Waals surface area contributed by atoms with E-state index in [1.807, 2.05) is 6.92 Å². The first-order valence-electron chi connectivity index (χ1n) is 4.01. The third-order valence-electron chi connectivity index (χ3n) is 2.46. The van der Waals surface area contributed by atoms with Gasteiger partial charge in [-0.15, -0.1) is 0 Å². The summed E-state index contributed by atoms with van der Waals surface area (Å²) in [6, 6.07) is 0. The van der Waals surface area contributed by atoms with Crippen LogP contribution in [-0.4, -0.2) is 11.3 Å². The summed E-state index contributed by atoms with van der Waals surface area (Å²) in [6.07, 6.45) is 4.55. The Hall–Kier alpha value is -0.370. The number of carbonyl (C=O) groups excluding carboxylic acids is 1. The largest absolute Gasteiger partial charge is 0.319 e. The average molecular weight is 141 g/mol. The Balaban J connectivity index is 2.63. The first kappa shape index (κ1) is 7.73. The van der Waals surface area contributed by atoms with Gasteiger partial charge in [-0.05, 0) is 19.3 Å². The summed E-state index contributed by atoms with van der Waals surface area (Å²) < 4.78 is 0. The minimum atomic E-state index is -0.460. The number of hydrogen-bond acceptors (Lipinski definition) is 2. The van der Waals surface area contributed by atoms with Crippen molar-refractivity contribution >= 4 is 5.78 Å². The summed E-state index contributed by atoms with van der Waals surface area (Å²) >= 11 is 0. The van der Waals surface area contributed by atoms with Crippen molar-refractivity contribution in [3.8, 4) is 0 Å². The average Bonchev–Trinajstić information content (AvgIpc) is 1.96. The van der Waals surface area contributed by atoms with E-state index in [-0.39, 0.29) is 5.78 Å². The Kier molecular flexibility index (Phi) is 2.09. The normalized spacial score (nSPS) is 34.4. The fraction of sp³-hybridized carbons (Fsp3) is 0.875. The molecule has 0 bridgehead atoms. The lowest BCUT2D eigenvalue weighted by Gasteiger charge is -2.30. The molecule has 1 aliphatic carbocycles. The van der Waals surface area contributed by atoms with Crippen molar-refractivity contribution in [2.45, 2.75) is 44.6 Å². The lowest BCUT2D eigenvalue weighted by molar-refractivity contribution is -0.126. The third kappa shape index (κ3) is 1.21. The van der Waals surface area contributed by atoms with Gasteiger partial charge < -0.3 is 5.73 Å². The lowest BCUT2D eigenvalue weighted by Crippen LogP contribution is -2.49. The summed E-state index contributed by atoms with van der Waals surface area (Å²) in [5, 5.41) is 0. The van der Waals surface area contributed by atoms with Crippen LogP contribution in [0.25, 0.3) is 0 Å². The molecule has 2 N–H and O–H groups in total. The highest BCUT2D eigenvalue weighted by Gasteiger charge is 2.33. The molecule has 1 rings (SSSR count). The second-order valence-electron chi connectivity index (χ2n) is 3.14. The zero-order valence-electron chi connectivity index (χ0n) is 6.52. The molecular weight excluding hydrogens is 126 g/mol. The maximum absolute atomic E-state index is 11.2. The molecular formula is C8H15NO. The van der Waals surface area contributed by atoms with Crippen LogP contribution < -0.4 is 5.73 Å². The maximum atomic E-state index is 11.2. The zero-order chi connectivity index (χ0) is 7.61. The van der Waals surface area contributed by atoms with E-state index >= 15 is 0 Å². The van der Waals surface area contributed by atoms with Gasteiger partial charge in [0.15, 0.2) is 5.78 Å². The van der Waals surface area contributed by atoms with E-state index in [0.29, 0.717) is 6.42 Å². The van der Waals surface area contributed by atoms with Crippen LogP contribution in [0.3, 0.4) is 0 Å². The second-order valence-corrected chi connectivity index (χ2v) is 3.14. The van der Waals surface area contributed by atoms with Crippen LogP contribution in [0.4, 0.5) is 0 Å². The van der Waals surface area contributed by atoms with Crippen LogP contribution >= 0.6 is 0 Å². The summed E-state index contributed by atoms with van der Waals surface area (Å²) in [5.74, 6) is 0.265. The molecule has 0 aromatic heterocycles. The smallest absolute Gasteiger partial charge is 0.152 e. The monoisotopic (exact) mass is 141 g/mol. The number of Topliss-reactive ketones (excluding diaryl/α,β-unsaturated/α-hetero) is 1. The first-order valence-corrected chi connectivity index (χ1v) is 4.01. The minimum absolute atomic E-state index is 0.265. The van der Waals surface area contributed by atoms with E-state index in [1.54, 1.807) is 0 Å². The minimum Gasteiger partial charge on any atom is -0.319 e. The Morgan fingerprint density at radius 3 is 2.70 bits per heavy atom. The maximum Gasteiger partial charge on any atom is 0.152 e. The zero-order valence-corrected chi connectivity index (χ0v) is 6.52. The summed E-state index contributed by atoms with van der Waals surface area (Å²) in [6.45, 7) is 1.99. The molecule has 10 heavy (non-hydrogen) atoms. The Morgan fingerprint density at radius 2 is 2.30 bits per heavy atom. The fourth-order valence-corrected chi connectivity index (χ4v) is 1.49. The van der Waals surface area contributed by atoms with Gasteiger partial charge in [0.2, 0.25) is 0 Å². The molecule has 0 radical (unpaired) electrons. The van der Waals surface area contributed by atoms with Gasteiger partial charge in [0.25, 0.3) is 0 Å². The van der Waals surface area contributed by atoms with Crippen LogP contribution in [0.1, 0.15) is 39.0 Å². The van der Waals surface area contributed by atoms with Crippen molar-refractivity contribution < 1.29 is 4.79 Å². The van der Waals surface area contributed by atoms with Gasteiger partial charge >= 0.3 is 0 Å². The van der Waals surface area contributed by atoms with E-state index in [0.717, 1.165) is 25.7 Å². The van der Waals surface area contributed by atoms with Crippen molar-refractivity contribution in [3.05, 3.63) is 0 Å². The van der Waals surface area contributed by atoms with Gasteiger partial charge in [0.05, 0.1) is 5.54 Å². The number of hydrogen-bond donors (Lipinski definition) is 1. The highest BCUT2D eigenvalue weighted by molar-refractivity contribution is 5.88. The van der Waals surface area contributed by atoms with E-state index in [1.165, 1.54) is 0 Å². The van der Waals surface area contributed by atoms with Crippen molar-refractivity contribution in [1.82, 2.24) is 0 Å². The van der Waals surface area contributed by atoms with Crippen molar-refractivity contribution in [2.24, 2.45) is 5.73 Å². The summed E-state index contributed by atoms with van der Waals surface area (Å²) in [7, 11) is 0. The second kappa shape index (κ2) is 2.70. The van der Waals surface area contributed by atoms with Crippen LogP contribution in [0.2, 0.25) is 0 Å². The number of nitrogens with two attached hydrogens (primary N) is 1. The quantitative estimate of drug-likeness (QED) is 0.597. The van der Waals surface area contributed by atoms with Gasteiger partial charge in [0, 0.05) is 6.42 Å². The molecule has 0 saturated heterocycles. The van der Waals surface area contributed by atoms with Gasteiger partial charge in [-0.25, -0.2) is 0 Å². The van der Waals surface area contributed by atoms with Gasteiger partial charge in [-0.1, -0.05) is 13.3 Å². The molecule has 2 nitrogen and oxygen atoms in total. The Labute approximate surface area is 61.8 Å². The molecule has 1 saturated carbocycles. The lowest BCUT2D eigenvalue weighted by atomic mass is 9.80. The van der Waals surface area contributed by atoms with E-state index in [9.17, 15) is 4.79 Å². The van der Waals surface area contributed by atoms with Crippen LogP contribution in [0, 0.1) is 0 Å². The van der Waals surface area contributed by atoms with Crippen molar-refractivity contribution in [2.75, 3.05) is 0 Å². The predicted octanol–water partition coefficient (Wildman–Crippen LogP) is 1.24. The molecule has 2 heteroatoms. The first-order chi connectivity index (χ1) is 4.69. The number of rotatable bonds is 1. The van der Waals surface area contributed by atoms with Gasteiger partial charge in [0.1, 0.15) is 0 Å². The van der Waals surface area contributed by atoms with Crippen molar-refractivity contribution in [3.63, 3.8) is 0 Å². The standard InChI is InChI=1S/C8H15NO/c1-2-8(9)6-4-3-5-7(8)10/h2-6,9H2,1H3/t8-/m0/s1. The third-order valence-corrected chi connectivity index (χ3v) is 2.46. The molecule has 58 valence electrons. The molecule has 1 atom stereocenters. The molecule has 0 heterocycles. The fourth-order valence-electron chi connectivity index (χ4n) is 1.49. The Bertz CT molecular complexity index is 144. The molecule has 1 fully saturated rings. The molecule has 0 spiro atoms. The van der Waals surface area contributed by atoms with Crippen LogP contribution in [0.5, 0.6) is 0 Å². The molecule has 1 aliphatic rings.